The van der Waals surface area contributed by atoms with Gasteiger partial charge in [0, 0.05) is 19.3 Å². The predicted octanol–water partition coefficient (Wildman–Crippen LogP) is 18.0. The Kier molecular flexibility index (Phi) is 50.2. The van der Waals surface area contributed by atoms with Gasteiger partial charge in [-0.15, -0.1) is 0 Å². The lowest BCUT2D eigenvalue weighted by molar-refractivity contribution is -0.122. The zero-order chi connectivity index (χ0) is 42.8. The fourth-order valence-electron chi connectivity index (χ4n) is 8.69. The molecule has 350 valence electrons. The Bertz CT molecular complexity index is 855. The number of hydrogen-bond donors (Lipinski definition) is 2. The quantitative estimate of drug-likeness (QED) is 0.0474. The zero-order valence-electron chi connectivity index (χ0n) is 40.4. The SMILES string of the molecule is CCCCCCCCC=CCCCCCCCCCCCC(=O)CCCCCCCCCCCCCCC(=O)NC(CO)CCCCCCCCCCCCCCCC. The molecule has 0 spiro atoms. The maximum absolute atomic E-state index is 12.4. The van der Waals surface area contributed by atoms with E-state index >= 15 is 0 Å². The molecule has 4 heteroatoms. The average Bonchev–Trinajstić information content (AvgIpc) is 3.24. The van der Waals surface area contributed by atoms with Crippen LogP contribution in [0.2, 0.25) is 0 Å². The zero-order valence-corrected chi connectivity index (χ0v) is 40.4. The number of rotatable bonds is 51. The van der Waals surface area contributed by atoms with Crippen molar-refractivity contribution >= 4 is 11.7 Å². The van der Waals surface area contributed by atoms with Crippen molar-refractivity contribution in [2.75, 3.05) is 6.61 Å². The van der Waals surface area contributed by atoms with Crippen molar-refractivity contribution in [3.8, 4) is 0 Å². The first-order valence-electron chi connectivity index (χ1n) is 27.2. The van der Waals surface area contributed by atoms with Crippen molar-refractivity contribution in [3.63, 3.8) is 0 Å². The van der Waals surface area contributed by atoms with Gasteiger partial charge in [0.25, 0.3) is 0 Å². The van der Waals surface area contributed by atoms with E-state index in [-0.39, 0.29) is 18.6 Å². The molecule has 0 rings (SSSR count). The van der Waals surface area contributed by atoms with Gasteiger partial charge in [0.15, 0.2) is 0 Å². The topological polar surface area (TPSA) is 66.4 Å². The summed E-state index contributed by atoms with van der Waals surface area (Å²) in [7, 11) is 0. The summed E-state index contributed by atoms with van der Waals surface area (Å²) in [6.07, 6.45) is 64.4. The van der Waals surface area contributed by atoms with Crippen LogP contribution in [-0.2, 0) is 9.59 Å². The van der Waals surface area contributed by atoms with Gasteiger partial charge in [0.05, 0.1) is 12.6 Å². The Morgan fingerprint density at radius 1 is 0.373 bits per heavy atom. The van der Waals surface area contributed by atoms with Gasteiger partial charge < -0.3 is 10.4 Å². The second-order valence-corrected chi connectivity index (χ2v) is 18.9. The molecule has 0 heterocycles. The van der Waals surface area contributed by atoms with Crippen LogP contribution >= 0.6 is 0 Å². The lowest BCUT2D eigenvalue weighted by Crippen LogP contribution is -2.37. The van der Waals surface area contributed by atoms with Crippen molar-refractivity contribution in [2.45, 2.75) is 322 Å². The first kappa shape index (κ1) is 57.8. The van der Waals surface area contributed by atoms with Gasteiger partial charge in [0.2, 0.25) is 5.91 Å². The second-order valence-electron chi connectivity index (χ2n) is 18.9. The summed E-state index contributed by atoms with van der Waals surface area (Å²) >= 11 is 0. The van der Waals surface area contributed by atoms with E-state index in [1.54, 1.807) is 0 Å². The first-order chi connectivity index (χ1) is 29.1. The van der Waals surface area contributed by atoms with Crippen LogP contribution in [0.4, 0.5) is 0 Å². The van der Waals surface area contributed by atoms with Crippen LogP contribution in [-0.4, -0.2) is 29.4 Å². The molecule has 0 aromatic carbocycles. The van der Waals surface area contributed by atoms with Crippen LogP contribution < -0.4 is 5.32 Å². The monoisotopic (exact) mass is 830 g/mol. The molecule has 59 heavy (non-hydrogen) atoms. The highest BCUT2D eigenvalue weighted by atomic mass is 16.3. The van der Waals surface area contributed by atoms with E-state index in [9.17, 15) is 14.7 Å². The van der Waals surface area contributed by atoms with Gasteiger partial charge in [-0.1, -0.05) is 257 Å². The highest BCUT2D eigenvalue weighted by molar-refractivity contribution is 5.78. The predicted molar refractivity (Wildman–Crippen MR) is 262 cm³/mol. The van der Waals surface area contributed by atoms with Crippen molar-refractivity contribution in [1.82, 2.24) is 5.32 Å². The molecule has 2 N–H and O–H groups in total. The molecule has 1 atom stereocenters. The Balaban J connectivity index is 3.36. The molecule has 0 aliphatic rings. The van der Waals surface area contributed by atoms with Gasteiger partial charge in [-0.2, -0.15) is 0 Å². The summed E-state index contributed by atoms with van der Waals surface area (Å²) in [6, 6.07) is -0.0701. The third kappa shape index (κ3) is 49.4. The van der Waals surface area contributed by atoms with Gasteiger partial charge in [-0.25, -0.2) is 0 Å². The van der Waals surface area contributed by atoms with E-state index in [0.717, 1.165) is 51.4 Å². The van der Waals surface area contributed by atoms with Crippen molar-refractivity contribution in [1.29, 1.82) is 0 Å². The number of ketones is 1. The van der Waals surface area contributed by atoms with Crippen LogP contribution in [0.1, 0.15) is 316 Å². The summed E-state index contributed by atoms with van der Waals surface area (Å²) in [5, 5.41) is 12.8. The standard InChI is InChI=1S/C55H107NO3/c1-3-5-7-9-11-13-15-17-19-20-21-22-23-25-29-33-37-41-45-49-54(58)50-46-42-38-34-30-26-27-31-35-39-43-47-51-55(59)56-53(52-57)48-44-40-36-32-28-24-18-16-14-12-10-8-6-4-2/h17,19,53,57H,3-16,18,20-52H2,1-2H3,(H,56,59). The van der Waals surface area contributed by atoms with E-state index in [4.69, 9.17) is 0 Å². The van der Waals surface area contributed by atoms with E-state index in [2.05, 4.69) is 31.3 Å². The molecule has 0 bridgehead atoms. The van der Waals surface area contributed by atoms with Crippen LogP contribution in [0.25, 0.3) is 0 Å². The molecule has 1 unspecified atom stereocenters. The molecule has 0 saturated heterocycles. The minimum atomic E-state index is -0.0701. The van der Waals surface area contributed by atoms with Gasteiger partial charge in [-0.05, 0) is 51.4 Å². The summed E-state index contributed by atoms with van der Waals surface area (Å²) in [5.74, 6) is 0.616. The molecule has 0 aromatic rings. The summed E-state index contributed by atoms with van der Waals surface area (Å²) in [4.78, 5) is 24.7. The molecule has 0 saturated carbocycles. The maximum Gasteiger partial charge on any atom is 0.220 e. The van der Waals surface area contributed by atoms with Gasteiger partial charge in [0.1, 0.15) is 5.78 Å². The van der Waals surface area contributed by atoms with Crippen molar-refractivity contribution < 1.29 is 14.7 Å². The van der Waals surface area contributed by atoms with E-state index in [1.807, 2.05) is 0 Å². The molecule has 1 amide bonds. The lowest BCUT2D eigenvalue weighted by Gasteiger charge is -2.16. The van der Waals surface area contributed by atoms with Gasteiger partial charge in [-0.3, -0.25) is 9.59 Å². The Morgan fingerprint density at radius 2 is 0.644 bits per heavy atom. The number of allylic oxidation sites excluding steroid dienone is 2. The summed E-state index contributed by atoms with van der Waals surface area (Å²) in [5.41, 5.74) is 0. The fourth-order valence-corrected chi connectivity index (χ4v) is 8.69. The maximum atomic E-state index is 12.4. The summed E-state index contributed by atoms with van der Waals surface area (Å²) in [6.45, 7) is 4.63. The normalized spacial score (nSPS) is 12.2. The third-order valence-electron chi connectivity index (χ3n) is 12.8. The largest absolute Gasteiger partial charge is 0.394 e. The lowest BCUT2D eigenvalue weighted by atomic mass is 10.0. The second kappa shape index (κ2) is 51.2. The third-order valence-corrected chi connectivity index (χ3v) is 12.8. The molecule has 0 aliphatic heterocycles. The average molecular weight is 830 g/mol. The summed E-state index contributed by atoms with van der Waals surface area (Å²) < 4.78 is 0. The highest BCUT2D eigenvalue weighted by Crippen LogP contribution is 2.17. The number of Topliss-reactive ketones (excluding diaryl/α,β-unsaturated/α-hetero) is 1. The number of hydrogen-bond acceptors (Lipinski definition) is 3. The first-order valence-corrected chi connectivity index (χ1v) is 27.2. The van der Waals surface area contributed by atoms with Crippen LogP contribution in [0.15, 0.2) is 12.2 Å². The number of unbranched alkanes of at least 4 members (excludes halogenated alkanes) is 39. The number of carbonyl (C=O) groups excluding carboxylic acids is 2. The Hall–Kier alpha value is -1.16. The van der Waals surface area contributed by atoms with E-state index < -0.39 is 0 Å². The molecular weight excluding hydrogens is 723 g/mol. The minimum Gasteiger partial charge on any atom is -0.394 e. The van der Waals surface area contributed by atoms with Crippen LogP contribution in [0.3, 0.4) is 0 Å². The molecular formula is C55H107NO3. The van der Waals surface area contributed by atoms with E-state index in [0.29, 0.717) is 12.2 Å². The molecule has 0 radical (unpaired) electrons. The smallest absolute Gasteiger partial charge is 0.220 e. The van der Waals surface area contributed by atoms with Crippen LogP contribution in [0, 0.1) is 0 Å². The van der Waals surface area contributed by atoms with Crippen molar-refractivity contribution in [2.24, 2.45) is 0 Å². The van der Waals surface area contributed by atoms with E-state index in [1.165, 1.54) is 244 Å². The highest BCUT2D eigenvalue weighted by Gasteiger charge is 2.11. The van der Waals surface area contributed by atoms with Gasteiger partial charge >= 0.3 is 0 Å². The number of aliphatic hydroxyl groups is 1. The fraction of sp³-hybridized carbons (Fsp3) is 0.927. The molecule has 4 nitrogen and oxygen atoms in total. The number of amides is 1. The van der Waals surface area contributed by atoms with Crippen LogP contribution in [0.5, 0.6) is 0 Å². The minimum absolute atomic E-state index is 0.0581. The molecule has 0 aliphatic carbocycles. The van der Waals surface area contributed by atoms with Crippen molar-refractivity contribution in [3.05, 3.63) is 12.2 Å². The number of carbonyl (C=O) groups is 2. The molecule has 0 aromatic heterocycles. The molecule has 0 fully saturated rings. The Labute approximate surface area is 370 Å². The number of aliphatic hydroxyl groups excluding tert-OH is 1. The number of nitrogens with one attached hydrogen (secondary N) is 1. The Morgan fingerprint density at radius 3 is 0.966 bits per heavy atom.